The summed E-state index contributed by atoms with van der Waals surface area (Å²) in [5, 5.41) is 5.49. The van der Waals surface area contributed by atoms with Crippen molar-refractivity contribution in [1.29, 1.82) is 0 Å². The van der Waals surface area contributed by atoms with Crippen molar-refractivity contribution < 1.29 is 14.3 Å². The molecule has 1 aromatic heterocycles. The van der Waals surface area contributed by atoms with Gasteiger partial charge in [-0.2, -0.15) is 5.10 Å². The van der Waals surface area contributed by atoms with Gasteiger partial charge in [0.2, 0.25) is 5.78 Å². The number of ether oxygens (including phenoxy) is 1. The molecule has 3 aromatic carbocycles. The van der Waals surface area contributed by atoms with Crippen molar-refractivity contribution in [2.24, 2.45) is 0 Å². The zero-order valence-corrected chi connectivity index (χ0v) is 18.1. The second-order valence-corrected chi connectivity index (χ2v) is 7.81. The fraction of sp³-hybridized carbons (Fsp3) is 0.0833. The Hall–Kier alpha value is -3.48. The number of hydrogen-bond acceptors (Lipinski definition) is 5. The van der Waals surface area contributed by atoms with Gasteiger partial charge in [-0.25, -0.2) is 9.48 Å². The molecule has 4 rings (SSSR count). The first-order valence-corrected chi connectivity index (χ1v) is 10.4. The summed E-state index contributed by atoms with van der Waals surface area (Å²) in [6, 6.07) is 20.4. The first-order chi connectivity index (χ1) is 15.4. The van der Waals surface area contributed by atoms with Gasteiger partial charge in [0.1, 0.15) is 0 Å². The molecule has 0 amide bonds. The lowest BCUT2D eigenvalue weighted by atomic mass is 10.1. The number of Topliss-reactive ketones (excluding diaryl/α,β-unsaturated/α-hetero) is 1. The molecule has 1 heterocycles. The van der Waals surface area contributed by atoms with Crippen LogP contribution >= 0.6 is 23.2 Å². The minimum Gasteiger partial charge on any atom is -0.452 e. The smallest absolute Gasteiger partial charge is 0.359 e. The molecule has 160 valence electrons. The molecule has 0 unspecified atom stereocenters. The predicted molar refractivity (Wildman–Crippen MR) is 123 cm³/mol. The Morgan fingerprint density at radius 2 is 1.59 bits per heavy atom. The van der Waals surface area contributed by atoms with Gasteiger partial charge in [0.25, 0.3) is 5.56 Å². The Bertz CT molecular complexity index is 1380. The molecule has 0 aliphatic carbocycles. The minimum atomic E-state index is -0.818. The van der Waals surface area contributed by atoms with Crippen molar-refractivity contribution in [3.8, 4) is 0 Å². The maximum absolute atomic E-state index is 12.9. The lowest BCUT2D eigenvalue weighted by molar-refractivity contribution is 0.0468. The van der Waals surface area contributed by atoms with Crippen LogP contribution in [0.2, 0.25) is 10.0 Å². The van der Waals surface area contributed by atoms with E-state index in [9.17, 15) is 14.4 Å². The van der Waals surface area contributed by atoms with Gasteiger partial charge in [-0.05, 0) is 29.8 Å². The second-order valence-electron chi connectivity index (χ2n) is 6.97. The van der Waals surface area contributed by atoms with Crippen LogP contribution in [0.15, 0.2) is 77.6 Å². The highest BCUT2D eigenvalue weighted by Crippen LogP contribution is 2.22. The number of nitrogens with zero attached hydrogens (tertiary/aromatic N) is 2. The van der Waals surface area contributed by atoms with Crippen molar-refractivity contribution >= 4 is 45.7 Å². The average molecular weight is 467 g/mol. The molecule has 0 aliphatic heterocycles. The molecular weight excluding hydrogens is 451 g/mol. The summed E-state index contributed by atoms with van der Waals surface area (Å²) in [5.41, 5.74) is 0.663. The van der Waals surface area contributed by atoms with E-state index < -0.39 is 18.4 Å². The number of esters is 1. The molecule has 8 heteroatoms. The third-order valence-electron chi connectivity index (χ3n) is 4.80. The van der Waals surface area contributed by atoms with Crippen LogP contribution in [-0.2, 0) is 11.3 Å². The number of halogens is 2. The van der Waals surface area contributed by atoms with Crippen molar-refractivity contribution in [3.05, 3.63) is 110 Å². The molecule has 0 saturated carbocycles. The Labute approximate surface area is 193 Å². The molecule has 0 spiro atoms. The first kappa shape index (κ1) is 21.7. The van der Waals surface area contributed by atoms with E-state index in [0.29, 0.717) is 15.8 Å². The molecule has 0 saturated heterocycles. The van der Waals surface area contributed by atoms with Crippen LogP contribution in [0.3, 0.4) is 0 Å². The van der Waals surface area contributed by atoms with E-state index in [1.807, 2.05) is 30.3 Å². The van der Waals surface area contributed by atoms with Gasteiger partial charge in [0, 0.05) is 16.0 Å². The van der Waals surface area contributed by atoms with Crippen LogP contribution in [0.4, 0.5) is 0 Å². The maximum atomic E-state index is 12.9. The monoisotopic (exact) mass is 466 g/mol. The molecule has 0 bridgehead atoms. The van der Waals surface area contributed by atoms with Gasteiger partial charge in [0.05, 0.1) is 17.0 Å². The van der Waals surface area contributed by atoms with Crippen LogP contribution in [0.1, 0.15) is 26.4 Å². The summed E-state index contributed by atoms with van der Waals surface area (Å²) in [5.74, 6) is -1.30. The molecule has 0 radical (unpaired) electrons. The van der Waals surface area contributed by atoms with Crippen LogP contribution in [0.5, 0.6) is 0 Å². The Morgan fingerprint density at radius 3 is 2.31 bits per heavy atom. The van der Waals surface area contributed by atoms with Crippen molar-refractivity contribution in [2.45, 2.75) is 6.54 Å². The van der Waals surface area contributed by atoms with E-state index in [1.165, 1.54) is 22.9 Å². The number of benzene rings is 3. The highest BCUT2D eigenvalue weighted by Gasteiger charge is 2.20. The molecule has 0 fully saturated rings. The Kier molecular flexibility index (Phi) is 6.35. The molecule has 0 N–H and O–H groups in total. The number of carbonyl (C=O) groups is 2. The fourth-order valence-electron chi connectivity index (χ4n) is 3.24. The number of hydrogen-bond donors (Lipinski definition) is 0. The normalized spacial score (nSPS) is 10.8. The van der Waals surface area contributed by atoms with E-state index in [0.717, 1.165) is 5.56 Å². The van der Waals surface area contributed by atoms with Gasteiger partial charge < -0.3 is 4.74 Å². The lowest BCUT2D eigenvalue weighted by Crippen LogP contribution is -2.27. The van der Waals surface area contributed by atoms with E-state index in [2.05, 4.69) is 5.10 Å². The quantitative estimate of drug-likeness (QED) is 0.301. The third-order valence-corrected chi connectivity index (χ3v) is 5.35. The standard InChI is InChI=1S/C24H16Cl2N2O4/c25-16-10-11-19(20(26)12-16)21(29)14-32-24(31)22-17-8-4-5-9-18(17)23(30)28(27-22)13-15-6-2-1-3-7-15/h1-12H,13-14H2. The predicted octanol–water partition coefficient (Wildman–Crippen LogP) is 4.79. The number of fused-ring (bicyclic) bond motifs is 1. The van der Waals surface area contributed by atoms with Crippen LogP contribution in [-0.4, -0.2) is 28.1 Å². The van der Waals surface area contributed by atoms with Crippen LogP contribution in [0, 0.1) is 0 Å². The van der Waals surface area contributed by atoms with E-state index >= 15 is 0 Å². The summed E-state index contributed by atoms with van der Waals surface area (Å²) in [6.45, 7) is -0.349. The zero-order chi connectivity index (χ0) is 22.7. The molecule has 0 aliphatic rings. The lowest BCUT2D eigenvalue weighted by Gasteiger charge is -2.11. The van der Waals surface area contributed by atoms with Crippen molar-refractivity contribution in [3.63, 3.8) is 0 Å². The number of aromatic nitrogens is 2. The van der Waals surface area contributed by atoms with Crippen LogP contribution in [0.25, 0.3) is 10.8 Å². The molecule has 4 aromatic rings. The first-order valence-electron chi connectivity index (χ1n) is 9.63. The molecular formula is C24H16Cl2N2O4. The molecule has 32 heavy (non-hydrogen) atoms. The third kappa shape index (κ3) is 4.56. The van der Waals surface area contributed by atoms with E-state index in [-0.39, 0.29) is 28.4 Å². The largest absolute Gasteiger partial charge is 0.452 e. The van der Waals surface area contributed by atoms with Gasteiger partial charge >= 0.3 is 5.97 Å². The highest BCUT2D eigenvalue weighted by atomic mass is 35.5. The van der Waals surface area contributed by atoms with Gasteiger partial charge in [0.15, 0.2) is 12.3 Å². The van der Waals surface area contributed by atoms with Gasteiger partial charge in [-0.15, -0.1) is 0 Å². The summed E-state index contributed by atoms with van der Waals surface area (Å²) in [4.78, 5) is 38.2. The van der Waals surface area contributed by atoms with Gasteiger partial charge in [-0.1, -0.05) is 71.7 Å². The van der Waals surface area contributed by atoms with E-state index in [4.69, 9.17) is 27.9 Å². The topological polar surface area (TPSA) is 78.3 Å². The minimum absolute atomic E-state index is 0.0499. The van der Waals surface area contributed by atoms with Crippen molar-refractivity contribution in [2.75, 3.05) is 6.61 Å². The summed E-state index contributed by atoms with van der Waals surface area (Å²) >= 11 is 11.9. The summed E-state index contributed by atoms with van der Waals surface area (Å²) in [7, 11) is 0. The molecule has 6 nitrogen and oxygen atoms in total. The zero-order valence-electron chi connectivity index (χ0n) is 16.6. The number of rotatable bonds is 6. The SMILES string of the molecule is O=C(COC(=O)c1nn(Cc2ccccc2)c(=O)c2ccccc12)c1ccc(Cl)cc1Cl. The highest BCUT2D eigenvalue weighted by molar-refractivity contribution is 6.36. The van der Waals surface area contributed by atoms with Crippen LogP contribution < -0.4 is 5.56 Å². The average Bonchev–Trinajstić information content (AvgIpc) is 2.80. The fourth-order valence-corrected chi connectivity index (χ4v) is 3.76. The summed E-state index contributed by atoms with van der Waals surface area (Å²) < 4.78 is 6.44. The summed E-state index contributed by atoms with van der Waals surface area (Å²) in [6.07, 6.45) is 0. The maximum Gasteiger partial charge on any atom is 0.359 e. The number of carbonyl (C=O) groups excluding carboxylic acids is 2. The second kappa shape index (κ2) is 9.34. The Morgan fingerprint density at radius 1 is 0.906 bits per heavy atom. The van der Waals surface area contributed by atoms with Gasteiger partial charge in [-0.3, -0.25) is 9.59 Å². The number of ketones is 1. The van der Waals surface area contributed by atoms with Crippen molar-refractivity contribution in [1.82, 2.24) is 9.78 Å². The van der Waals surface area contributed by atoms with E-state index in [1.54, 1.807) is 24.3 Å². The molecule has 0 atom stereocenters. The Balaban J connectivity index is 1.64.